The summed E-state index contributed by atoms with van der Waals surface area (Å²) in [5, 5.41) is 13.7. The first-order valence-electron chi connectivity index (χ1n) is 9.85. The zero-order valence-corrected chi connectivity index (χ0v) is 16.0. The number of H-pyrrole nitrogens is 1. The molecule has 0 aliphatic carbocycles. The standard InChI is InChI=1S/C26H17N3O/c1-2-8-17(9-3-1)25-24-21-11-5-4-10-19(21)20-14-13-18(16-22(20)26(24)29-28-25)30-23-12-6-7-15-27-23/h1-16H,(H,28,29). The van der Waals surface area contributed by atoms with Crippen LogP contribution in [-0.2, 0) is 0 Å². The summed E-state index contributed by atoms with van der Waals surface area (Å²) in [5.41, 5.74) is 3.06. The quantitative estimate of drug-likeness (QED) is 0.343. The van der Waals surface area contributed by atoms with E-state index < -0.39 is 0 Å². The zero-order valence-electron chi connectivity index (χ0n) is 16.0. The molecule has 0 atom stereocenters. The van der Waals surface area contributed by atoms with Crippen molar-refractivity contribution in [3.8, 4) is 22.9 Å². The van der Waals surface area contributed by atoms with Crippen molar-refractivity contribution in [1.29, 1.82) is 0 Å². The number of aromatic nitrogens is 3. The topological polar surface area (TPSA) is 50.8 Å². The summed E-state index contributed by atoms with van der Waals surface area (Å²) in [5.74, 6) is 1.32. The van der Waals surface area contributed by atoms with Crippen molar-refractivity contribution in [3.05, 3.63) is 97.2 Å². The van der Waals surface area contributed by atoms with E-state index >= 15 is 0 Å². The van der Waals surface area contributed by atoms with E-state index in [9.17, 15) is 0 Å². The molecule has 30 heavy (non-hydrogen) atoms. The van der Waals surface area contributed by atoms with Crippen molar-refractivity contribution < 1.29 is 4.74 Å². The lowest BCUT2D eigenvalue weighted by atomic mass is 9.95. The molecule has 0 aliphatic heterocycles. The molecule has 4 nitrogen and oxygen atoms in total. The van der Waals surface area contributed by atoms with Gasteiger partial charge < -0.3 is 4.74 Å². The van der Waals surface area contributed by atoms with Gasteiger partial charge in [0.15, 0.2) is 0 Å². The summed E-state index contributed by atoms with van der Waals surface area (Å²) in [6.07, 6.45) is 1.73. The van der Waals surface area contributed by atoms with E-state index in [4.69, 9.17) is 9.84 Å². The maximum Gasteiger partial charge on any atom is 0.219 e. The number of rotatable bonds is 3. The molecule has 0 aliphatic rings. The van der Waals surface area contributed by atoms with E-state index in [-0.39, 0.29) is 0 Å². The molecule has 0 unspecified atom stereocenters. The minimum absolute atomic E-state index is 0.573. The van der Waals surface area contributed by atoms with Crippen molar-refractivity contribution >= 4 is 32.4 Å². The van der Waals surface area contributed by atoms with Crippen LogP contribution in [0.4, 0.5) is 0 Å². The zero-order chi connectivity index (χ0) is 19.9. The van der Waals surface area contributed by atoms with E-state index in [1.165, 1.54) is 10.8 Å². The fraction of sp³-hybridized carbons (Fsp3) is 0. The van der Waals surface area contributed by atoms with Gasteiger partial charge in [-0.05, 0) is 40.4 Å². The third kappa shape index (κ3) is 2.62. The van der Waals surface area contributed by atoms with Crippen molar-refractivity contribution in [2.24, 2.45) is 0 Å². The minimum atomic E-state index is 0.573. The van der Waals surface area contributed by atoms with E-state index in [1.54, 1.807) is 6.20 Å². The summed E-state index contributed by atoms with van der Waals surface area (Å²) >= 11 is 0. The molecule has 0 saturated carbocycles. The molecule has 4 aromatic carbocycles. The monoisotopic (exact) mass is 387 g/mol. The van der Waals surface area contributed by atoms with Gasteiger partial charge in [-0.25, -0.2) is 4.98 Å². The molecule has 4 heteroatoms. The van der Waals surface area contributed by atoms with E-state index in [2.05, 4.69) is 58.6 Å². The van der Waals surface area contributed by atoms with E-state index in [1.807, 2.05) is 42.5 Å². The Morgan fingerprint density at radius 2 is 1.43 bits per heavy atom. The molecule has 0 radical (unpaired) electrons. The average molecular weight is 387 g/mol. The molecule has 0 saturated heterocycles. The molecule has 2 heterocycles. The number of nitrogens with one attached hydrogen (secondary N) is 1. The van der Waals surface area contributed by atoms with Crippen LogP contribution in [0, 0.1) is 0 Å². The lowest BCUT2D eigenvalue weighted by molar-refractivity contribution is 0.464. The molecule has 0 amide bonds. The number of fused-ring (bicyclic) bond motifs is 6. The Hall–Kier alpha value is -4.18. The highest BCUT2D eigenvalue weighted by molar-refractivity contribution is 6.27. The fourth-order valence-corrected chi connectivity index (χ4v) is 4.10. The van der Waals surface area contributed by atoms with Gasteiger partial charge in [-0.1, -0.05) is 60.7 Å². The summed E-state index contributed by atoms with van der Waals surface area (Å²) in [7, 11) is 0. The van der Waals surface area contributed by atoms with Gasteiger partial charge in [0.05, 0.1) is 5.52 Å². The van der Waals surface area contributed by atoms with E-state index in [0.29, 0.717) is 5.88 Å². The highest BCUT2D eigenvalue weighted by atomic mass is 16.5. The second kappa shape index (κ2) is 6.71. The predicted octanol–water partition coefficient (Wildman–Crippen LogP) is 6.72. The molecule has 6 aromatic rings. The lowest BCUT2D eigenvalue weighted by Crippen LogP contribution is -1.88. The smallest absolute Gasteiger partial charge is 0.219 e. The molecule has 142 valence electrons. The van der Waals surface area contributed by atoms with Crippen LogP contribution >= 0.6 is 0 Å². The van der Waals surface area contributed by atoms with Crippen LogP contribution in [0.25, 0.3) is 43.7 Å². The van der Waals surface area contributed by atoms with Gasteiger partial charge in [0.2, 0.25) is 5.88 Å². The highest BCUT2D eigenvalue weighted by Gasteiger charge is 2.16. The number of pyridine rings is 1. The van der Waals surface area contributed by atoms with Gasteiger partial charge in [-0.15, -0.1) is 0 Å². The van der Waals surface area contributed by atoms with E-state index in [0.717, 1.165) is 38.7 Å². The molecule has 6 rings (SSSR count). The number of benzene rings is 4. The maximum absolute atomic E-state index is 5.99. The summed E-state index contributed by atoms with van der Waals surface area (Å²) in [4.78, 5) is 4.27. The number of hydrogen-bond acceptors (Lipinski definition) is 3. The van der Waals surface area contributed by atoms with Crippen molar-refractivity contribution in [2.75, 3.05) is 0 Å². The fourth-order valence-electron chi connectivity index (χ4n) is 4.10. The Morgan fingerprint density at radius 3 is 2.27 bits per heavy atom. The molecule has 2 aromatic heterocycles. The Morgan fingerprint density at radius 1 is 0.667 bits per heavy atom. The normalized spacial score (nSPS) is 11.3. The van der Waals surface area contributed by atoms with Crippen LogP contribution in [0.15, 0.2) is 97.2 Å². The van der Waals surface area contributed by atoms with Crippen molar-refractivity contribution in [2.45, 2.75) is 0 Å². The third-order valence-electron chi connectivity index (χ3n) is 5.42. The number of hydrogen-bond donors (Lipinski definition) is 1. The first kappa shape index (κ1) is 16.7. The molecule has 0 fully saturated rings. The van der Waals surface area contributed by atoms with Crippen LogP contribution in [0.5, 0.6) is 11.6 Å². The third-order valence-corrected chi connectivity index (χ3v) is 5.42. The number of ether oxygens (including phenoxy) is 1. The summed E-state index contributed by atoms with van der Waals surface area (Å²) < 4.78 is 5.99. The van der Waals surface area contributed by atoms with Crippen LogP contribution in [0.3, 0.4) is 0 Å². The van der Waals surface area contributed by atoms with Crippen LogP contribution in [-0.4, -0.2) is 15.2 Å². The first-order chi connectivity index (χ1) is 14.9. The Bertz CT molecular complexity index is 1510. The number of nitrogens with zero attached hydrogens (tertiary/aromatic N) is 2. The summed E-state index contributed by atoms with van der Waals surface area (Å²) in [6.45, 7) is 0. The molecular weight excluding hydrogens is 370 g/mol. The van der Waals surface area contributed by atoms with Gasteiger partial charge >= 0.3 is 0 Å². The second-order valence-electron chi connectivity index (χ2n) is 7.21. The van der Waals surface area contributed by atoms with Gasteiger partial charge in [0.25, 0.3) is 0 Å². The van der Waals surface area contributed by atoms with Gasteiger partial charge in [0, 0.05) is 28.6 Å². The first-order valence-corrected chi connectivity index (χ1v) is 9.85. The van der Waals surface area contributed by atoms with Crippen molar-refractivity contribution in [1.82, 2.24) is 15.2 Å². The number of aromatic amines is 1. The Labute approximate surface area is 172 Å². The minimum Gasteiger partial charge on any atom is -0.439 e. The Kier molecular flexibility index (Phi) is 3.74. The molecule has 1 N–H and O–H groups in total. The van der Waals surface area contributed by atoms with Gasteiger partial charge in [-0.3, -0.25) is 5.10 Å². The summed E-state index contributed by atoms with van der Waals surface area (Å²) in [6, 6.07) is 30.6. The highest BCUT2D eigenvalue weighted by Crippen LogP contribution is 2.40. The molecule has 0 bridgehead atoms. The van der Waals surface area contributed by atoms with Crippen LogP contribution in [0.2, 0.25) is 0 Å². The Balaban J connectivity index is 1.66. The lowest BCUT2D eigenvalue weighted by Gasteiger charge is -2.10. The van der Waals surface area contributed by atoms with Gasteiger partial charge in [-0.2, -0.15) is 5.10 Å². The second-order valence-corrected chi connectivity index (χ2v) is 7.21. The average Bonchev–Trinajstić information content (AvgIpc) is 3.26. The largest absolute Gasteiger partial charge is 0.439 e. The molecule has 0 spiro atoms. The molecular formula is C26H17N3O. The van der Waals surface area contributed by atoms with Gasteiger partial charge in [0.1, 0.15) is 11.4 Å². The predicted molar refractivity (Wildman–Crippen MR) is 121 cm³/mol. The van der Waals surface area contributed by atoms with Crippen molar-refractivity contribution in [3.63, 3.8) is 0 Å². The van der Waals surface area contributed by atoms with Crippen LogP contribution in [0.1, 0.15) is 0 Å². The SMILES string of the molecule is c1ccc(-c2n[nH]c3c4cc(Oc5ccccn5)ccc4c4ccccc4c23)cc1. The van der Waals surface area contributed by atoms with Crippen LogP contribution < -0.4 is 4.74 Å². The maximum atomic E-state index is 5.99.